The Morgan fingerprint density at radius 3 is 2.15 bits per heavy atom. The summed E-state index contributed by atoms with van der Waals surface area (Å²) in [4.78, 5) is 27.2. The van der Waals surface area contributed by atoms with Gasteiger partial charge in [-0.15, -0.1) is 0 Å². The first-order chi connectivity index (χ1) is 12.8. The number of hydrogen-bond donors (Lipinski definition) is 0. The van der Waals surface area contributed by atoms with E-state index in [9.17, 15) is 18.0 Å². The first kappa shape index (κ1) is 21.4. The van der Waals surface area contributed by atoms with E-state index in [4.69, 9.17) is 0 Å². The highest BCUT2D eigenvalue weighted by atomic mass is 32.2. The largest absolute Gasteiger partial charge is 0.339 e. The van der Waals surface area contributed by atoms with E-state index in [0.717, 1.165) is 6.42 Å². The lowest BCUT2D eigenvalue weighted by atomic mass is 10.1. The molecule has 1 saturated heterocycles. The zero-order chi connectivity index (χ0) is 19.9. The number of piperazine rings is 1. The van der Waals surface area contributed by atoms with Crippen LogP contribution in [0, 0.1) is 0 Å². The van der Waals surface area contributed by atoms with Crippen LogP contribution in [0.5, 0.6) is 0 Å². The Balaban J connectivity index is 1.80. The molecule has 0 N–H and O–H groups in total. The molecule has 27 heavy (non-hydrogen) atoms. The van der Waals surface area contributed by atoms with Crippen molar-refractivity contribution >= 4 is 21.8 Å². The van der Waals surface area contributed by atoms with Crippen LogP contribution in [0.3, 0.4) is 0 Å². The number of aryl methyl sites for hydroxylation is 1. The second-order valence-electron chi connectivity index (χ2n) is 6.89. The summed E-state index contributed by atoms with van der Waals surface area (Å²) in [6.07, 6.45) is 2.86. The van der Waals surface area contributed by atoms with Crippen molar-refractivity contribution < 1.29 is 18.0 Å². The quantitative estimate of drug-likeness (QED) is 0.657. The van der Waals surface area contributed by atoms with Crippen molar-refractivity contribution in [1.29, 1.82) is 0 Å². The van der Waals surface area contributed by atoms with Gasteiger partial charge in [-0.05, 0) is 18.4 Å². The third-order valence-electron chi connectivity index (χ3n) is 4.84. The monoisotopic (exact) mass is 395 g/mol. The van der Waals surface area contributed by atoms with Gasteiger partial charge in [0.25, 0.3) is 0 Å². The Bertz CT molecular complexity index is 729. The zero-order valence-corrected chi connectivity index (χ0v) is 17.0. The molecule has 2 rings (SSSR count). The molecule has 1 aliphatic rings. The van der Waals surface area contributed by atoms with Crippen LogP contribution >= 0.6 is 0 Å². The van der Waals surface area contributed by atoms with E-state index < -0.39 is 10.0 Å². The molecule has 7 nitrogen and oxygen atoms in total. The minimum atomic E-state index is -3.36. The van der Waals surface area contributed by atoms with Gasteiger partial charge in [0.1, 0.15) is 0 Å². The fraction of sp³-hybridized carbons (Fsp3) is 0.579. The van der Waals surface area contributed by atoms with Gasteiger partial charge in [-0.25, -0.2) is 12.7 Å². The number of benzene rings is 1. The van der Waals surface area contributed by atoms with Gasteiger partial charge < -0.3 is 9.80 Å². The summed E-state index contributed by atoms with van der Waals surface area (Å²) in [5.74, 6) is -0.0429. The lowest BCUT2D eigenvalue weighted by Crippen LogP contribution is -2.50. The van der Waals surface area contributed by atoms with Gasteiger partial charge in [0.2, 0.25) is 21.8 Å². The van der Waals surface area contributed by atoms with Crippen LogP contribution in [0.1, 0.15) is 25.3 Å². The van der Waals surface area contributed by atoms with Crippen LogP contribution in [0.2, 0.25) is 0 Å². The molecule has 0 bridgehead atoms. The summed E-state index contributed by atoms with van der Waals surface area (Å²) in [5.41, 5.74) is 1.17. The fourth-order valence-electron chi connectivity index (χ4n) is 3.20. The SMILES string of the molecule is CC(=O)N1CCN(C(=O)CCN(CCCc2ccccc2)S(C)(=O)=O)CC1. The molecule has 1 heterocycles. The normalized spacial score (nSPS) is 15.2. The van der Waals surface area contributed by atoms with Crippen LogP contribution in [0.4, 0.5) is 0 Å². The van der Waals surface area contributed by atoms with Crippen molar-refractivity contribution in [2.75, 3.05) is 45.5 Å². The second-order valence-corrected chi connectivity index (χ2v) is 8.87. The first-order valence-corrected chi connectivity index (χ1v) is 11.1. The molecular weight excluding hydrogens is 366 g/mol. The molecule has 0 aliphatic carbocycles. The number of amides is 2. The standard InChI is InChI=1S/C19H29N3O4S/c1-17(23)20-13-15-21(16-14-20)19(24)10-12-22(27(2,25)26)11-6-9-18-7-4-3-5-8-18/h3-5,7-8H,6,9-16H2,1-2H3. The smallest absolute Gasteiger partial charge is 0.224 e. The number of hydrogen-bond acceptors (Lipinski definition) is 4. The maximum absolute atomic E-state index is 12.4. The summed E-state index contributed by atoms with van der Waals surface area (Å²) in [7, 11) is -3.36. The van der Waals surface area contributed by atoms with E-state index >= 15 is 0 Å². The van der Waals surface area contributed by atoms with Gasteiger partial charge in [-0.3, -0.25) is 9.59 Å². The Kier molecular flexibility index (Phi) is 7.79. The fourth-order valence-corrected chi connectivity index (χ4v) is 4.08. The third-order valence-corrected chi connectivity index (χ3v) is 6.14. The van der Waals surface area contributed by atoms with Crippen LogP contribution in [-0.4, -0.2) is 79.9 Å². The van der Waals surface area contributed by atoms with E-state index in [1.165, 1.54) is 23.0 Å². The minimum absolute atomic E-state index is 0.0174. The van der Waals surface area contributed by atoms with E-state index in [0.29, 0.717) is 39.1 Å². The van der Waals surface area contributed by atoms with Crippen molar-refractivity contribution in [3.05, 3.63) is 35.9 Å². The molecule has 2 amide bonds. The average Bonchev–Trinajstić information content (AvgIpc) is 2.64. The Labute approximate surface area is 162 Å². The number of rotatable bonds is 8. The molecule has 0 radical (unpaired) electrons. The molecule has 1 aliphatic heterocycles. The van der Waals surface area contributed by atoms with E-state index in [-0.39, 0.29) is 24.8 Å². The third kappa shape index (κ3) is 6.95. The van der Waals surface area contributed by atoms with Crippen molar-refractivity contribution in [2.24, 2.45) is 0 Å². The first-order valence-electron chi connectivity index (χ1n) is 9.29. The molecule has 150 valence electrons. The summed E-state index contributed by atoms with van der Waals surface area (Å²) >= 11 is 0. The molecule has 1 aromatic rings. The van der Waals surface area contributed by atoms with Crippen LogP contribution in [0.25, 0.3) is 0 Å². The molecule has 0 spiro atoms. The molecule has 1 aromatic carbocycles. The van der Waals surface area contributed by atoms with Gasteiger partial charge in [0, 0.05) is 52.6 Å². The van der Waals surface area contributed by atoms with Crippen LogP contribution in [-0.2, 0) is 26.0 Å². The van der Waals surface area contributed by atoms with Crippen LogP contribution in [0.15, 0.2) is 30.3 Å². The highest BCUT2D eigenvalue weighted by Gasteiger charge is 2.24. The minimum Gasteiger partial charge on any atom is -0.339 e. The molecule has 0 aromatic heterocycles. The Morgan fingerprint density at radius 2 is 1.59 bits per heavy atom. The number of sulfonamides is 1. The summed E-state index contributed by atoms with van der Waals surface area (Å²) in [6, 6.07) is 9.93. The summed E-state index contributed by atoms with van der Waals surface area (Å²) < 4.78 is 25.5. The number of nitrogens with zero attached hydrogens (tertiary/aromatic N) is 3. The van der Waals surface area contributed by atoms with Crippen molar-refractivity contribution in [1.82, 2.24) is 14.1 Å². The molecule has 0 saturated carbocycles. The summed E-state index contributed by atoms with van der Waals surface area (Å²) in [6.45, 7) is 4.20. The maximum atomic E-state index is 12.4. The average molecular weight is 396 g/mol. The lowest BCUT2D eigenvalue weighted by Gasteiger charge is -2.34. The Morgan fingerprint density at radius 1 is 1.00 bits per heavy atom. The van der Waals surface area contributed by atoms with Gasteiger partial charge in [0.05, 0.1) is 6.26 Å². The van der Waals surface area contributed by atoms with Gasteiger partial charge >= 0.3 is 0 Å². The van der Waals surface area contributed by atoms with Gasteiger partial charge in [0.15, 0.2) is 0 Å². The predicted octanol–water partition coefficient (Wildman–Crippen LogP) is 0.962. The summed E-state index contributed by atoms with van der Waals surface area (Å²) in [5, 5.41) is 0. The van der Waals surface area contributed by atoms with Gasteiger partial charge in [-0.2, -0.15) is 0 Å². The molecule has 1 fully saturated rings. The van der Waals surface area contributed by atoms with Crippen molar-refractivity contribution in [3.63, 3.8) is 0 Å². The molecular formula is C19H29N3O4S. The topological polar surface area (TPSA) is 78.0 Å². The number of carbonyl (C=O) groups excluding carboxylic acids is 2. The maximum Gasteiger partial charge on any atom is 0.224 e. The molecule has 8 heteroatoms. The van der Waals surface area contributed by atoms with Crippen molar-refractivity contribution in [2.45, 2.75) is 26.2 Å². The number of carbonyl (C=O) groups is 2. The predicted molar refractivity (Wildman–Crippen MR) is 105 cm³/mol. The highest BCUT2D eigenvalue weighted by Crippen LogP contribution is 2.09. The van der Waals surface area contributed by atoms with E-state index in [2.05, 4.69) is 0 Å². The van der Waals surface area contributed by atoms with E-state index in [1.54, 1.807) is 9.80 Å². The van der Waals surface area contributed by atoms with Crippen molar-refractivity contribution in [3.8, 4) is 0 Å². The molecule has 0 atom stereocenters. The Hall–Kier alpha value is -1.93. The molecule has 0 unspecified atom stereocenters. The van der Waals surface area contributed by atoms with Gasteiger partial charge in [-0.1, -0.05) is 30.3 Å². The lowest BCUT2D eigenvalue weighted by molar-refractivity contribution is -0.138. The van der Waals surface area contributed by atoms with Crippen LogP contribution < -0.4 is 0 Å². The van der Waals surface area contributed by atoms with E-state index in [1.807, 2.05) is 30.3 Å². The second kappa shape index (κ2) is 9.85. The zero-order valence-electron chi connectivity index (χ0n) is 16.1. The highest BCUT2D eigenvalue weighted by molar-refractivity contribution is 7.88.